The van der Waals surface area contributed by atoms with Gasteiger partial charge in [-0.1, -0.05) is 0 Å². The standard InChI is InChI=1S/C7H8F2O3/c8-7(9,6(11)12)4-1-2-5(10)3-4/h4H,1-3H2,(H,11,12)/p-1. The molecule has 1 unspecified atom stereocenters. The van der Waals surface area contributed by atoms with Crippen molar-refractivity contribution in [3.8, 4) is 0 Å². The Hall–Kier alpha value is -1.00. The SMILES string of the molecule is O=C1CCC(C(F)(F)C(=O)[O-])C1. The van der Waals surface area contributed by atoms with Crippen LogP contribution in [0.1, 0.15) is 19.3 Å². The molecule has 0 aromatic carbocycles. The number of carbonyl (C=O) groups is 2. The van der Waals surface area contributed by atoms with Gasteiger partial charge in [-0.25, -0.2) is 0 Å². The summed E-state index contributed by atoms with van der Waals surface area (Å²) < 4.78 is 25.2. The summed E-state index contributed by atoms with van der Waals surface area (Å²) in [5.41, 5.74) is 0. The largest absolute Gasteiger partial charge is 0.544 e. The van der Waals surface area contributed by atoms with Crippen LogP contribution in [0.15, 0.2) is 0 Å². The van der Waals surface area contributed by atoms with E-state index in [1.165, 1.54) is 0 Å². The topological polar surface area (TPSA) is 57.2 Å². The van der Waals surface area contributed by atoms with Crippen molar-refractivity contribution in [3.63, 3.8) is 0 Å². The van der Waals surface area contributed by atoms with E-state index in [0.717, 1.165) is 0 Å². The van der Waals surface area contributed by atoms with E-state index < -0.39 is 17.8 Å². The molecule has 1 aliphatic carbocycles. The summed E-state index contributed by atoms with van der Waals surface area (Å²) in [5.74, 6) is -7.91. The van der Waals surface area contributed by atoms with Gasteiger partial charge in [0.2, 0.25) is 0 Å². The minimum atomic E-state index is -3.85. The third kappa shape index (κ3) is 1.44. The highest BCUT2D eigenvalue weighted by atomic mass is 19.3. The van der Waals surface area contributed by atoms with E-state index in [-0.39, 0.29) is 25.0 Å². The lowest BCUT2D eigenvalue weighted by molar-refractivity contribution is -0.333. The average Bonchev–Trinajstić information content (AvgIpc) is 2.35. The third-order valence-electron chi connectivity index (χ3n) is 2.03. The van der Waals surface area contributed by atoms with E-state index in [2.05, 4.69) is 0 Å². The first-order chi connectivity index (χ1) is 5.44. The maximum absolute atomic E-state index is 12.6. The lowest BCUT2D eigenvalue weighted by Gasteiger charge is -2.22. The molecule has 1 saturated carbocycles. The van der Waals surface area contributed by atoms with Crippen molar-refractivity contribution in [2.24, 2.45) is 5.92 Å². The van der Waals surface area contributed by atoms with Crippen LogP contribution in [0.4, 0.5) is 8.78 Å². The molecule has 0 amide bonds. The highest BCUT2D eigenvalue weighted by molar-refractivity contribution is 5.83. The van der Waals surface area contributed by atoms with Crippen molar-refractivity contribution < 1.29 is 23.5 Å². The van der Waals surface area contributed by atoms with Crippen molar-refractivity contribution in [1.82, 2.24) is 0 Å². The molecular weight excluding hydrogens is 170 g/mol. The molecule has 0 aromatic rings. The maximum Gasteiger partial charge on any atom is 0.290 e. The van der Waals surface area contributed by atoms with Gasteiger partial charge in [0, 0.05) is 18.8 Å². The van der Waals surface area contributed by atoms with Gasteiger partial charge in [-0.3, -0.25) is 4.79 Å². The molecule has 1 rings (SSSR count). The van der Waals surface area contributed by atoms with Gasteiger partial charge in [0.25, 0.3) is 5.92 Å². The Bertz CT molecular complexity index is 225. The predicted octanol–water partition coefficient (Wildman–Crippen LogP) is -0.259. The van der Waals surface area contributed by atoms with Gasteiger partial charge in [0.05, 0.1) is 0 Å². The molecule has 12 heavy (non-hydrogen) atoms. The Kier molecular flexibility index (Phi) is 2.12. The van der Waals surface area contributed by atoms with Gasteiger partial charge in [-0.2, -0.15) is 8.78 Å². The summed E-state index contributed by atoms with van der Waals surface area (Å²) in [4.78, 5) is 20.5. The fourth-order valence-electron chi connectivity index (χ4n) is 1.29. The number of Topliss-reactive ketones (excluding diaryl/α,β-unsaturated/α-hetero) is 1. The van der Waals surface area contributed by atoms with Gasteiger partial charge in [0.15, 0.2) is 0 Å². The van der Waals surface area contributed by atoms with Gasteiger partial charge < -0.3 is 9.90 Å². The predicted molar refractivity (Wildman–Crippen MR) is 32.3 cm³/mol. The first kappa shape index (κ1) is 9.09. The number of aliphatic carboxylic acids is 1. The van der Waals surface area contributed by atoms with E-state index >= 15 is 0 Å². The van der Waals surface area contributed by atoms with Gasteiger partial charge >= 0.3 is 0 Å². The molecule has 0 aliphatic heterocycles. The number of carboxylic acids is 1. The van der Waals surface area contributed by atoms with Crippen LogP contribution in [0.3, 0.4) is 0 Å². The van der Waals surface area contributed by atoms with E-state index in [1.54, 1.807) is 0 Å². The quantitative estimate of drug-likeness (QED) is 0.584. The number of rotatable bonds is 2. The zero-order valence-corrected chi connectivity index (χ0v) is 6.18. The second-order valence-electron chi connectivity index (χ2n) is 2.89. The Balaban J connectivity index is 2.70. The molecule has 0 radical (unpaired) electrons. The molecule has 1 fully saturated rings. The molecule has 0 spiro atoms. The van der Waals surface area contributed by atoms with Crippen LogP contribution in [0, 0.1) is 5.92 Å². The lowest BCUT2D eigenvalue weighted by atomic mass is 10.00. The van der Waals surface area contributed by atoms with Gasteiger partial charge in [0.1, 0.15) is 11.8 Å². The normalized spacial score (nSPS) is 24.5. The second-order valence-corrected chi connectivity index (χ2v) is 2.89. The van der Waals surface area contributed by atoms with E-state index in [4.69, 9.17) is 0 Å². The second kappa shape index (κ2) is 2.80. The number of halogens is 2. The molecule has 5 heteroatoms. The molecule has 1 aliphatic rings. The van der Waals surface area contributed by atoms with Crippen molar-refractivity contribution in [2.45, 2.75) is 25.2 Å². The zero-order valence-electron chi connectivity index (χ0n) is 6.18. The van der Waals surface area contributed by atoms with E-state index in [1.807, 2.05) is 0 Å². The average molecular weight is 177 g/mol. The summed E-state index contributed by atoms with van der Waals surface area (Å²) in [7, 11) is 0. The van der Waals surface area contributed by atoms with Gasteiger partial charge in [-0.15, -0.1) is 0 Å². The minimum absolute atomic E-state index is 0.0491. The molecule has 0 aromatic heterocycles. The molecule has 0 saturated heterocycles. The van der Waals surface area contributed by atoms with Crippen LogP contribution in [0.2, 0.25) is 0 Å². The molecule has 0 N–H and O–H groups in total. The van der Waals surface area contributed by atoms with Crippen LogP contribution in [-0.4, -0.2) is 17.7 Å². The first-order valence-electron chi connectivity index (χ1n) is 3.55. The number of alkyl halides is 2. The van der Waals surface area contributed by atoms with Crippen LogP contribution in [0.5, 0.6) is 0 Å². The number of hydrogen-bond acceptors (Lipinski definition) is 3. The summed E-state index contributed by atoms with van der Waals surface area (Å²) >= 11 is 0. The Morgan fingerprint density at radius 3 is 2.50 bits per heavy atom. The number of ketones is 1. The maximum atomic E-state index is 12.6. The highest BCUT2D eigenvalue weighted by Crippen LogP contribution is 2.35. The first-order valence-corrected chi connectivity index (χ1v) is 3.55. The number of hydrogen-bond donors (Lipinski definition) is 0. The molecule has 3 nitrogen and oxygen atoms in total. The summed E-state index contributed by atoms with van der Waals surface area (Å²) in [6.07, 6.45) is -0.353. The van der Waals surface area contributed by atoms with E-state index in [0.29, 0.717) is 0 Å². The summed E-state index contributed by atoms with van der Waals surface area (Å²) in [5, 5.41) is 9.94. The molecule has 68 valence electrons. The lowest BCUT2D eigenvalue weighted by Crippen LogP contribution is -2.46. The fourth-order valence-corrected chi connectivity index (χ4v) is 1.29. The minimum Gasteiger partial charge on any atom is -0.544 e. The Morgan fingerprint density at radius 1 is 1.58 bits per heavy atom. The molecular formula is C7H7F2O3-. The van der Waals surface area contributed by atoms with Crippen molar-refractivity contribution in [3.05, 3.63) is 0 Å². The number of carboxylic acid groups (broad SMARTS) is 1. The van der Waals surface area contributed by atoms with Crippen LogP contribution < -0.4 is 5.11 Å². The molecule has 0 heterocycles. The third-order valence-corrected chi connectivity index (χ3v) is 2.03. The van der Waals surface area contributed by atoms with Crippen molar-refractivity contribution in [2.75, 3.05) is 0 Å². The highest BCUT2D eigenvalue weighted by Gasteiger charge is 2.44. The Morgan fingerprint density at radius 2 is 2.17 bits per heavy atom. The summed E-state index contributed by atoms with van der Waals surface area (Å²) in [6.45, 7) is 0. The van der Waals surface area contributed by atoms with Crippen LogP contribution in [-0.2, 0) is 9.59 Å². The molecule has 1 atom stereocenters. The van der Waals surface area contributed by atoms with Crippen LogP contribution in [0.25, 0.3) is 0 Å². The molecule has 0 bridgehead atoms. The van der Waals surface area contributed by atoms with E-state index in [9.17, 15) is 23.5 Å². The van der Waals surface area contributed by atoms with Crippen molar-refractivity contribution in [1.29, 1.82) is 0 Å². The van der Waals surface area contributed by atoms with Crippen LogP contribution >= 0.6 is 0 Å². The Labute approximate surface area is 67.4 Å². The number of carbonyl (C=O) groups excluding carboxylic acids is 2. The van der Waals surface area contributed by atoms with Gasteiger partial charge in [-0.05, 0) is 6.42 Å². The van der Waals surface area contributed by atoms with Crippen molar-refractivity contribution >= 4 is 11.8 Å². The monoisotopic (exact) mass is 177 g/mol. The zero-order chi connectivity index (χ0) is 9.35. The summed E-state index contributed by atoms with van der Waals surface area (Å²) in [6, 6.07) is 0. The smallest absolute Gasteiger partial charge is 0.290 e. The fraction of sp³-hybridized carbons (Fsp3) is 0.714.